The Morgan fingerprint density at radius 1 is 1.77 bits per heavy atom. The molecule has 0 saturated carbocycles. The number of anilines is 1. The maximum Gasteiger partial charge on any atom is 0.272 e. The van der Waals surface area contributed by atoms with Crippen LogP contribution in [0.2, 0.25) is 0 Å². The highest BCUT2D eigenvalue weighted by Crippen LogP contribution is 2.02. The Balaban J connectivity index is 0.00000144. The minimum atomic E-state index is -0.229. The van der Waals surface area contributed by atoms with Crippen molar-refractivity contribution in [2.75, 3.05) is 5.73 Å². The second kappa shape index (κ2) is 4.53. The highest BCUT2D eigenvalue weighted by molar-refractivity contribution is 5.85. The van der Waals surface area contributed by atoms with Crippen LogP contribution >= 0.6 is 12.4 Å². The van der Waals surface area contributed by atoms with Crippen molar-refractivity contribution in [3.05, 3.63) is 22.1 Å². The van der Waals surface area contributed by atoms with Crippen LogP contribution in [-0.4, -0.2) is 9.78 Å². The Morgan fingerprint density at radius 2 is 2.38 bits per heavy atom. The maximum absolute atomic E-state index is 11.3. The third-order valence-corrected chi connectivity index (χ3v) is 1.55. The molecular weight excluding hydrogens is 190 g/mol. The minimum Gasteiger partial charge on any atom is -0.397 e. The molecule has 0 atom stereocenters. The second-order valence-corrected chi connectivity index (χ2v) is 2.39. The van der Waals surface area contributed by atoms with Gasteiger partial charge in [-0.1, -0.05) is 0 Å². The first-order chi connectivity index (χ1) is 5.66. The average molecular weight is 200 g/mol. The summed E-state index contributed by atoms with van der Waals surface area (Å²) < 4.78 is 1.21. The fraction of sp³-hybridized carbons (Fsp3) is 0.250. The number of aromatic nitrogens is 2. The van der Waals surface area contributed by atoms with E-state index < -0.39 is 0 Å². The second-order valence-electron chi connectivity index (χ2n) is 2.39. The van der Waals surface area contributed by atoms with Crippen molar-refractivity contribution >= 4 is 18.1 Å². The predicted molar refractivity (Wildman–Crippen MR) is 53.7 cm³/mol. The van der Waals surface area contributed by atoms with Gasteiger partial charge in [0.15, 0.2) is 0 Å². The first-order valence-corrected chi connectivity index (χ1v) is 3.41. The lowest BCUT2D eigenvalue weighted by Crippen LogP contribution is -2.24. The van der Waals surface area contributed by atoms with Gasteiger partial charge in [-0.25, -0.2) is 4.68 Å². The molecule has 1 heterocycles. The smallest absolute Gasteiger partial charge is 0.272 e. The molecule has 0 aliphatic rings. The van der Waals surface area contributed by atoms with E-state index in [9.17, 15) is 4.79 Å². The molecule has 0 saturated heterocycles. The molecular formula is C8H10ClN3O. The van der Waals surface area contributed by atoms with E-state index in [1.165, 1.54) is 10.9 Å². The summed E-state index contributed by atoms with van der Waals surface area (Å²) in [5.74, 6) is 2.37. The summed E-state index contributed by atoms with van der Waals surface area (Å²) in [6.07, 6.45) is 6.75. The molecule has 5 heteroatoms. The number of nitrogen functional groups attached to an aromatic ring is 1. The fourth-order valence-corrected chi connectivity index (χ4v) is 0.878. The van der Waals surface area contributed by atoms with Crippen molar-refractivity contribution in [2.45, 2.75) is 6.42 Å². The molecule has 0 unspecified atom stereocenters. The largest absolute Gasteiger partial charge is 0.397 e. The van der Waals surface area contributed by atoms with Gasteiger partial charge in [0, 0.05) is 13.5 Å². The molecule has 0 radical (unpaired) electrons. The minimum absolute atomic E-state index is 0. The van der Waals surface area contributed by atoms with E-state index in [1.807, 2.05) is 0 Å². The average Bonchev–Trinajstić information content (AvgIpc) is 2.06. The molecule has 13 heavy (non-hydrogen) atoms. The van der Waals surface area contributed by atoms with Gasteiger partial charge < -0.3 is 5.73 Å². The maximum atomic E-state index is 11.3. The van der Waals surface area contributed by atoms with Gasteiger partial charge in [0.25, 0.3) is 5.56 Å². The normalized spacial score (nSPS) is 8.62. The lowest BCUT2D eigenvalue weighted by atomic mass is 10.2. The molecule has 0 aliphatic carbocycles. The molecule has 4 nitrogen and oxygen atoms in total. The quantitative estimate of drug-likeness (QED) is 0.646. The molecule has 2 N–H and O–H groups in total. The molecule has 0 fully saturated rings. The zero-order valence-corrected chi connectivity index (χ0v) is 7.97. The summed E-state index contributed by atoms with van der Waals surface area (Å²) >= 11 is 0. The Morgan fingerprint density at radius 3 is 2.92 bits per heavy atom. The monoisotopic (exact) mass is 199 g/mol. The van der Waals surface area contributed by atoms with E-state index in [-0.39, 0.29) is 24.4 Å². The van der Waals surface area contributed by atoms with Crippen LogP contribution in [0.3, 0.4) is 0 Å². The van der Waals surface area contributed by atoms with Crippen molar-refractivity contribution in [2.24, 2.45) is 7.05 Å². The van der Waals surface area contributed by atoms with E-state index in [1.54, 1.807) is 7.05 Å². The summed E-state index contributed by atoms with van der Waals surface area (Å²) in [5, 5.41) is 3.73. The van der Waals surface area contributed by atoms with Crippen LogP contribution in [0.1, 0.15) is 5.56 Å². The van der Waals surface area contributed by atoms with Crippen molar-refractivity contribution in [1.82, 2.24) is 9.78 Å². The standard InChI is InChI=1S/C8H9N3O.ClH/c1-3-4-6-7(9)5-10-11(2)8(6)12;/h1,5H,4,9H2,2H3;1H. The first kappa shape index (κ1) is 11.5. The Hall–Kier alpha value is -1.47. The molecule has 0 amide bonds. The van der Waals surface area contributed by atoms with Crippen molar-refractivity contribution in [3.63, 3.8) is 0 Å². The van der Waals surface area contributed by atoms with Gasteiger partial charge in [-0.15, -0.1) is 24.8 Å². The summed E-state index contributed by atoms with van der Waals surface area (Å²) in [6, 6.07) is 0. The highest BCUT2D eigenvalue weighted by atomic mass is 35.5. The fourth-order valence-electron chi connectivity index (χ4n) is 0.878. The molecule has 1 aromatic rings. The number of halogens is 1. The summed E-state index contributed by atoms with van der Waals surface area (Å²) in [6.45, 7) is 0. The first-order valence-electron chi connectivity index (χ1n) is 3.41. The third kappa shape index (κ3) is 2.23. The van der Waals surface area contributed by atoms with Crippen molar-refractivity contribution < 1.29 is 0 Å². The SMILES string of the molecule is C#CCc1c(N)cnn(C)c1=O.Cl. The van der Waals surface area contributed by atoms with E-state index in [0.29, 0.717) is 11.3 Å². The zero-order chi connectivity index (χ0) is 9.14. The number of hydrogen-bond donors (Lipinski definition) is 1. The van der Waals surface area contributed by atoms with Gasteiger partial charge in [-0.3, -0.25) is 4.79 Å². The summed E-state index contributed by atoms with van der Waals surface area (Å²) in [4.78, 5) is 11.3. The molecule has 1 aromatic heterocycles. The Bertz CT molecular complexity index is 391. The lowest BCUT2D eigenvalue weighted by Gasteiger charge is -2.01. The molecule has 70 valence electrons. The number of aryl methyl sites for hydroxylation is 1. The number of hydrogen-bond acceptors (Lipinski definition) is 3. The third-order valence-electron chi connectivity index (χ3n) is 1.55. The van der Waals surface area contributed by atoms with Crippen molar-refractivity contribution in [1.29, 1.82) is 0 Å². The molecule has 0 aliphatic heterocycles. The van der Waals surface area contributed by atoms with Crippen LogP contribution in [0.4, 0.5) is 5.69 Å². The zero-order valence-electron chi connectivity index (χ0n) is 7.15. The van der Waals surface area contributed by atoms with E-state index in [0.717, 1.165) is 0 Å². The molecule has 0 spiro atoms. The van der Waals surface area contributed by atoms with Crippen LogP contribution in [0.15, 0.2) is 11.0 Å². The molecule has 0 bridgehead atoms. The summed E-state index contributed by atoms with van der Waals surface area (Å²) in [7, 11) is 1.56. The van der Waals surface area contributed by atoms with Gasteiger partial charge >= 0.3 is 0 Å². The Labute approximate surface area is 82.2 Å². The summed E-state index contributed by atoms with van der Waals surface area (Å²) in [5.41, 5.74) is 6.07. The topological polar surface area (TPSA) is 60.9 Å². The van der Waals surface area contributed by atoms with E-state index in [4.69, 9.17) is 12.2 Å². The predicted octanol–water partition coefficient (Wildman–Crippen LogP) is -0.0400. The van der Waals surface area contributed by atoms with Crippen LogP contribution in [0.25, 0.3) is 0 Å². The molecule has 1 rings (SSSR count). The van der Waals surface area contributed by atoms with Gasteiger partial charge in [0.1, 0.15) is 0 Å². The highest BCUT2D eigenvalue weighted by Gasteiger charge is 2.04. The van der Waals surface area contributed by atoms with Crippen LogP contribution in [0, 0.1) is 12.3 Å². The number of nitrogens with zero attached hydrogens (tertiary/aromatic N) is 2. The van der Waals surface area contributed by atoms with Gasteiger partial charge in [-0.05, 0) is 0 Å². The number of terminal acetylenes is 1. The van der Waals surface area contributed by atoms with Gasteiger partial charge in [-0.2, -0.15) is 5.10 Å². The molecule has 0 aromatic carbocycles. The van der Waals surface area contributed by atoms with Crippen molar-refractivity contribution in [3.8, 4) is 12.3 Å². The lowest BCUT2D eigenvalue weighted by molar-refractivity contribution is 0.700. The Kier molecular flexibility index (Phi) is 4.02. The van der Waals surface area contributed by atoms with Crippen LogP contribution in [-0.2, 0) is 13.5 Å². The van der Waals surface area contributed by atoms with Crippen LogP contribution < -0.4 is 11.3 Å². The number of rotatable bonds is 1. The van der Waals surface area contributed by atoms with Gasteiger partial charge in [0.2, 0.25) is 0 Å². The van der Waals surface area contributed by atoms with Gasteiger partial charge in [0.05, 0.1) is 17.4 Å². The van der Waals surface area contributed by atoms with E-state index >= 15 is 0 Å². The number of nitrogens with two attached hydrogens (primary N) is 1. The van der Waals surface area contributed by atoms with E-state index in [2.05, 4.69) is 11.0 Å². The van der Waals surface area contributed by atoms with Crippen LogP contribution in [0.5, 0.6) is 0 Å².